The molecule has 0 saturated carbocycles. The third-order valence-corrected chi connectivity index (χ3v) is 15.0. The van der Waals surface area contributed by atoms with Gasteiger partial charge in [0.05, 0.1) is 40.3 Å². The summed E-state index contributed by atoms with van der Waals surface area (Å²) in [7, 11) is 5.92. The molecular formula is C66H127NO8. The first-order valence-electron chi connectivity index (χ1n) is 32.8. The van der Waals surface area contributed by atoms with Crippen molar-refractivity contribution in [3.63, 3.8) is 0 Å². The number of nitrogens with zero attached hydrogens (tertiary/aromatic N) is 1. The number of ether oxygens (including phenoxy) is 4. The Bertz CT molecular complexity index is 1240. The van der Waals surface area contributed by atoms with Crippen molar-refractivity contribution in [3.8, 4) is 0 Å². The van der Waals surface area contributed by atoms with Gasteiger partial charge >= 0.3 is 11.9 Å². The first kappa shape index (κ1) is 73.0. The lowest BCUT2D eigenvalue weighted by atomic mass is 10.0. The minimum atomic E-state index is -1.62. The van der Waals surface area contributed by atoms with Gasteiger partial charge in [0.25, 0.3) is 0 Å². The summed E-state index contributed by atoms with van der Waals surface area (Å²) in [5.74, 6) is -2.28. The largest absolute Gasteiger partial charge is 0.545 e. The number of carboxylic acid groups (broad SMARTS) is 1. The molecule has 0 aliphatic carbocycles. The Labute approximate surface area is 465 Å². The van der Waals surface area contributed by atoms with Crippen molar-refractivity contribution in [2.45, 2.75) is 347 Å². The summed E-state index contributed by atoms with van der Waals surface area (Å²) in [5.41, 5.74) is 0. The van der Waals surface area contributed by atoms with E-state index in [0.717, 1.165) is 57.8 Å². The molecule has 0 rings (SSSR count). The minimum absolute atomic E-state index is 0.149. The van der Waals surface area contributed by atoms with Gasteiger partial charge < -0.3 is 33.3 Å². The summed E-state index contributed by atoms with van der Waals surface area (Å²) >= 11 is 0. The normalized spacial score (nSPS) is 12.7. The van der Waals surface area contributed by atoms with Gasteiger partial charge in [-0.15, -0.1) is 0 Å². The number of rotatable bonds is 62. The average Bonchev–Trinajstić information content (AvgIpc) is 3.38. The highest BCUT2D eigenvalue weighted by Gasteiger charge is 2.22. The molecular weight excluding hydrogens is 935 g/mol. The fourth-order valence-corrected chi connectivity index (χ4v) is 9.96. The molecule has 2 atom stereocenters. The van der Waals surface area contributed by atoms with Gasteiger partial charge in [-0.1, -0.05) is 302 Å². The van der Waals surface area contributed by atoms with Gasteiger partial charge in [-0.25, -0.2) is 0 Å². The number of carboxylic acids is 1. The highest BCUT2D eigenvalue weighted by molar-refractivity contribution is 5.70. The number of hydrogen-bond donors (Lipinski definition) is 0. The Morgan fingerprint density at radius 1 is 0.387 bits per heavy atom. The van der Waals surface area contributed by atoms with Crippen LogP contribution < -0.4 is 5.11 Å². The van der Waals surface area contributed by atoms with E-state index < -0.39 is 24.3 Å². The van der Waals surface area contributed by atoms with Crippen molar-refractivity contribution < 1.29 is 42.9 Å². The van der Waals surface area contributed by atoms with Crippen molar-refractivity contribution in [2.75, 3.05) is 47.5 Å². The minimum Gasteiger partial charge on any atom is -0.545 e. The Kier molecular flexibility index (Phi) is 56.7. The molecule has 9 heteroatoms. The zero-order valence-electron chi connectivity index (χ0n) is 50.7. The summed E-state index contributed by atoms with van der Waals surface area (Å²) in [6.45, 7) is 4.72. The molecule has 75 heavy (non-hydrogen) atoms. The van der Waals surface area contributed by atoms with E-state index in [1.54, 1.807) is 0 Å². The molecule has 0 heterocycles. The van der Waals surface area contributed by atoms with E-state index in [4.69, 9.17) is 18.9 Å². The second kappa shape index (κ2) is 58.2. The molecule has 0 amide bonds. The Hall–Kier alpha value is -1.97. The molecule has 0 aromatic heterocycles. The maximum Gasteiger partial charge on any atom is 0.306 e. The quantitative estimate of drug-likeness (QED) is 0.0195. The van der Waals surface area contributed by atoms with E-state index >= 15 is 0 Å². The maximum atomic E-state index is 12.7. The van der Waals surface area contributed by atoms with Crippen molar-refractivity contribution in [1.29, 1.82) is 0 Å². The first-order valence-corrected chi connectivity index (χ1v) is 32.8. The Morgan fingerprint density at radius 3 is 1.04 bits per heavy atom. The van der Waals surface area contributed by atoms with Crippen LogP contribution in [0, 0.1) is 0 Å². The van der Waals surface area contributed by atoms with E-state index in [1.165, 1.54) is 244 Å². The van der Waals surface area contributed by atoms with Crippen LogP contribution in [0.4, 0.5) is 0 Å². The number of carbonyl (C=O) groups excluding carboxylic acids is 3. The van der Waals surface area contributed by atoms with Crippen LogP contribution in [0.15, 0.2) is 12.2 Å². The lowest BCUT2D eigenvalue weighted by Crippen LogP contribution is -2.44. The predicted molar refractivity (Wildman–Crippen MR) is 316 cm³/mol. The molecule has 0 saturated heterocycles. The topological polar surface area (TPSA) is 111 Å². The van der Waals surface area contributed by atoms with Crippen molar-refractivity contribution in [2.24, 2.45) is 0 Å². The van der Waals surface area contributed by atoms with Crippen LogP contribution in [-0.4, -0.2) is 82.3 Å². The molecule has 0 fully saturated rings. The standard InChI is InChI=1S/C66H127NO8/c1-6-8-10-12-14-16-18-19-20-21-22-23-24-25-26-27-28-29-30-31-32-33-34-35-36-37-38-39-40-41-42-43-44-45-46-47-49-50-52-54-56-63(68)73-60-62(61-74-66(65(70)71)72-59-58-67(3,4)5)75-64(69)57-55-53-51-48-17-15-13-11-9-7-2/h11,13,62,66H,6-10,12,14-61H2,1-5H3/b13-11-. The molecule has 0 spiro atoms. The van der Waals surface area contributed by atoms with Crippen molar-refractivity contribution >= 4 is 17.9 Å². The molecule has 0 aliphatic heterocycles. The zero-order chi connectivity index (χ0) is 54.8. The summed E-state index contributed by atoms with van der Waals surface area (Å²) < 4.78 is 22.6. The molecule has 0 bridgehead atoms. The molecule has 0 aromatic carbocycles. The lowest BCUT2D eigenvalue weighted by molar-refractivity contribution is -0.870. The monoisotopic (exact) mass is 1060 g/mol. The van der Waals surface area contributed by atoms with Crippen molar-refractivity contribution in [1.82, 2.24) is 0 Å². The molecule has 444 valence electrons. The van der Waals surface area contributed by atoms with E-state index in [-0.39, 0.29) is 32.2 Å². The highest BCUT2D eigenvalue weighted by atomic mass is 16.7. The first-order chi connectivity index (χ1) is 36.6. The second-order valence-electron chi connectivity index (χ2n) is 23.8. The van der Waals surface area contributed by atoms with Gasteiger partial charge in [0.15, 0.2) is 12.4 Å². The van der Waals surface area contributed by atoms with Gasteiger partial charge in [0.1, 0.15) is 13.2 Å². The van der Waals surface area contributed by atoms with E-state index in [2.05, 4.69) is 26.0 Å². The SMILES string of the molecule is CCC/C=C\CCCCCCCC(=O)OC(COC(=O)CCCCCCCCCCCCCCCCCCCCCCCCCCCCCCCCCCCCCCCCCC)COC(OCC[N+](C)(C)C)C(=O)[O-]. The van der Waals surface area contributed by atoms with Crippen LogP contribution in [0.1, 0.15) is 335 Å². The summed E-state index contributed by atoms with van der Waals surface area (Å²) in [6, 6.07) is 0. The van der Waals surface area contributed by atoms with Crippen molar-refractivity contribution in [3.05, 3.63) is 12.2 Å². The van der Waals surface area contributed by atoms with Crippen LogP contribution in [0.5, 0.6) is 0 Å². The molecule has 9 nitrogen and oxygen atoms in total. The van der Waals surface area contributed by atoms with E-state index in [0.29, 0.717) is 23.9 Å². The number of hydrogen-bond acceptors (Lipinski definition) is 8. The van der Waals surface area contributed by atoms with Crippen LogP contribution in [0.2, 0.25) is 0 Å². The third kappa shape index (κ3) is 59.5. The smallest absolute Gasteiger partial charge is 0.306 e. The van der Waals surface area contributed by atoms with Gasteiger partial charge in [-0.3, -0.25) is 9.59 Å². The van der Waals surface area contributed by atoms with Gasteiger partial charge in [-0.2, -0.15) is 0 Å². The summed E-state index contributed by atoms with van der Waals surface area (Å²) in [5, 5.41) is 11.7. The number of unbranched alkanes of at least 4 members (excludes halogenated alkanes) is 45. The van der Waals surface area contributed by atoms with Crippen LogP contribution in [0.25, 0.3) is 0 Å². The number of aliphatic carboxylic acids is 1. The van der Waals surface area contributed by atoms with E-state index in [1.807, 2.05) is 21.1 Å². The molecule has 0 radical (unpaired) electrons. The molecule has 0 aliphatic rings. The van der Waals surface area contributed by atoms with Gasteiger partial charge in [0, 0.05) is 12.8 Å². The predicted octanol–water partition coefficient (Wildman–Crippen LogP) is 18.4. The van der Waals surface area contributed by atoms with Crippen LogP contribution >= 0.6 is 0 Å². The lowest BCUT2D eigenvalue weighted by Gasteiger charge is -2.26. The molecule has 0 aromatic rings. The zero-order valence-corrected chi connectivity index (χ0v) is 50.7. The fourth-order valence-electron chi connectivity index (χ4n) is 9.96. The maximum absolute atomic E-state index is 12.7. The van der Waals surface area contributed by atoms with E-state index in [9.17, 15) is 19.5 Å². The Morgan fingerprint density at radius 2 is 0.707 bits per heavy atom. The van der Waals surface area contributed by atoms with Gasteiger partial charge in [0.2, 0.25) is 0 Å². The van der Waals surface area contributed by atoms with Crippen LogP contribution in [-0.2, 0) is 33.3 Å². The van der Waals surface area contributed by atoms with Gasteiger partial charge in [-0.05, 0) is 32.1 Å². The number of esters is 2. The third-order valence-electron chi connectivity index (χ3n) is 15.0. The Balaban J connectivity index is 3.78. The highest BCUT2D eigenvalue weighted by Crippen LogP contribution is 2.19. The molecule has 2 unspecified atom stereocenters. The number of quaternary nitrogens is 1. The molecule has 0 N–H and O–H groups in total. The average molecular weight is 1060 g/mol. The second-order valence-corrected chi connectivity index (χ2v) is 23.8. The number of allylic oxidation sites excluding steroid dienone is 2. The summed E-state index contributed by atoms with van der Waals surface area (Å²) in [4.78, 5) is 37.1. The number of likely N-dealkylation sites (N-methyl/N-ethyl adjacent to an activating group) is 1. The summed E-state index contributed by atoms with van der Waals surface area (Å²) in [6.07, 6.45) is 66.3. The fraction of sp³-hybridized carbons (Fsp3) is 0.924. The van der Waals surface area contributed by atoms with Crippen LogP contribution in [0.3, 0.4) is 0 Å². The number of carbonyl (C=O) groups is 3.